The SMILES string of the molecule is CC1(C)C2CCC1(CCN1CCOCC1)/C(=N\O)C2. The molecule has 1 saturated heterocycles. The van der Waals surface area contributed by atoms with Gasteiger partial charge in [-0.05, 0) is 43.6 Å². The fourth-order valence-electron chi connectivity index (χ4n) is 4.70. The van der Waals surface area contributed by atoms with Crippen molar-refractivity contribution in [3.05, 3.63) is 0 Å². The van der Waals surface area contributed by atoms with Gasteiger partial charge in [-0.3, -0.25) is 4.90 Å². The molecule has 1 aliphatic heterocycles. The molecule has 1 heterocycles. The second-order valence-corrected chi connectivity index (χ2v) is 6.99. The molecule has 0 aromatic rings. The monoisotopic (exact) mass is 266 g/mol. The zero-order valence-corrected chi connectivity index (χ0v) is 12.2. The molecule has 19 heavy (non-hydrogen) atoms. The topological polar surface area (TPSA) is 45.1 Å². The van der Waals surface area contributed by atoms with Crippen molar-refractivity contribution >= 4 is 5.71 Å². The van der Waals surface area contributed by atoms with Gasteiger partial charge in [0.05, 0.1) is 18.9 Å². The Balaban J connectivity index is 1.73. The van der Waals surface area contributed by atoms with E-state index in [9.17, 15) is 5.21 Å². The molecule has 0 aromatic heterocycles. The predicted octanol–water partition coefficient (Wildman–Crippen LogP) is 2.37. The summed E-state index contributed by atoms with van der Waals surface area (Å²) in [4.78, 5) is 2.50. The molecule has 0 aromatic carbocycles. The molecule has 4 heteroatoms. The fourth-order valence-corrected chi connectivity index (χ4v) is 4.70. The number of hydrogen-bond donors (Lipinski definition) is 1. The summed E-state index contributed by atoms with van der Waals surface area (Å²) in [7, 11) is 0. The summed E-state index contributed by atoms with van der Waals surface area (Å²) in [6, 6.07) is 0. The van der Waals surface area contributed by atoms with Gasteiger partial charge in [-0.2, -0.15) is 0 Å². The zero-order chi connectivity index (χ0) is 13.5. The number of morpholine rings is 1. The maximum atomic E-state index is 9.38. The van der Waals surface area contributed by atoms with Crippen LogP contribution in [0.3, 0.4) is 0 Å². The molecule has 4 nitrogen and oxygen atoms in total. The number of nitrogens with zero attached hydrogens (tertiary/aromatic N) is 2. The number of fused-ring (bicyclic) bond motifs is 2. The van der Waals surface area contributed by atoms with Crippen molar-refractivity contribution in [1.29, 1.82) is 0 Å². The number of oxime groups is 1. The van der Waals surface area contributed by atoms with Crippen LogP contribution in [0.15, 0.2) is 5.16 Å². The van der Waals surface area contributed by atoms with Crippen molar-refractivity contribution in [1.82, 2.24) is 4.90 Å². The van der Waals surface area contributed by atoms with Crippen molar-refractivity contribution in [3.8, 4) is 0 Å². The van der Waals surface area contributed by atoms with Crippen LogP contribution < -0.4 is 0 Å². The number of rotatable bonds is 3. The van der Waals surface area contributed by atoms with Crippen LogP contribution in [0, 0.1) is 16.7 Å². The average Bonchev–Trinajstić information content (AvgIpc) is 2.81. The Hall–Kier alpha value is -0.610. The molecule has 2 atom stereocenters. The lowest BCUT2D eigenvalue weighted by Gasteiger charge is -2.40. The Kier molecular flexibility index (Phi) is 3.34. The minimum absolute atomic E-state index is 0.144. The lowest BCUT2D eigenvalue weighted by molar-refractivity contribution is 0.0291. The Morgan fingerprint density at radius 3 is 2.74 bits per heavy atom. The van der Waals surface area contributed by atoms with Crippen LogP contribution in [0.4, 0.5) is 0 Å². The first-order valence-electron chi connectivity index (χ1n) is 7.62. The minimum atomic E-state index is 0.144. The van der Waals surface area contributed by atoms with E-state index < -0.39 is 0 Å². The average molecular weight is 266 g/mol. The van der Waals surface area contributed by atoms with Crippen LogP contribution in [0.1, 0.15) is 39.5 Å². The van der Waals surface area contributed by atoms with Crippen molar-refractivity contribution in [2.45, 2.75) is 39.5 Å². The Morgan fingerprint density at radius 1 is 1.37 bits per heavy atom. The quantitative estimate of drug-likeness (QED) is 0.630. The van der Waals surface area contributed by atoms with Gasteiger partial charge in [0.15, 0.2) is 0 Å². The van der Waals surface area contributed by atoms with E-state index in [4.69, 9.17) is 4.74 Å². The molecule has 108 valence electrons. The first-order valence-corrected chi connectivity index (χ1v) is 7.62. The molecule has 0 radical (unpaired) electrons. The number of ether oxygens (including phenoxy) is 1. The summed E-state index contributed by atoms with van der Waals surface area (Å²) in [6.45, 7) is 9.68. The highest BCUT2D eigenvalue weighted by Crippen LogP contribution is 2.65. The van der Waals surface area contributed by atoms with E-state index in [1.807, 2.05) is 0 Å². The van der Waals surface area contributed by atoms with E-state index in [1.165, 1.54) is 12.8 Å². The number of hydrogen-bond acceptors (Lipinski definition) is 4. The first kappa shape index (κ1) is 13.4. The van der Waals surface area contributed by atoms with Crippen molar-refractivity contribution < 1.29 is 9.94 Å². The molecule has 3 rings (SSSR count). The van der Waals surface area contributed by atoms with E-state index in [0.29, 0.717) is 11.3 Å². The molecule has 2 aliphatic carbocycles. The highest BCUT2D eigenvalue weighted by atomic mass is 16.5. The summed E-state index contributed by atoms with van der Waals surface area (Å²) in [5.41, 5.74) is 1.51. The fraction of sp³-hybridized carbons (Fsp3) is 0.933. The molecule has 2 unspecified atom stereocenters. The Bertz CT molecular complexity index is 374. The van der Waals surface area contributed by atoms with Crippen LogP contribution in [0.5, 0.6) is 0 Å². The first-order chi connectivity index (χ1) is 9.10. The standard InChI is InChI=1S/C15H26N2O2/c1-14(2)12-3-4-15(14,13(11-12)16-18)5-6-17-7-9-19-10-8-17/h12,18H,3-11H2,1-2H3/b16-13-. The van der Waals surface area contributed by atoms with Gasteiger partial charge in [0.2, 0.25) is 0 Å². The molecule has 3 fully saturated rings. The summed E-state index contributed by atoms with van der Waals surface area (Å²) in [5, 5.41) is 13.1. The van der Waals surface area contributed by atoms with Gasteiger partial charge < -0.3 is 9.94 Å². The molecule has 3 aliphatic rings. The highest BCUT2D eigenvalue weighted by Gasteiger charge is 2.62. The predicted molar refractivity (Wildman–Crippen MR) is 74.7 cm³/mol. The van der Waals surface area contributed by atoms with Crippen LogP contribution in [-0.2, 0) is 4.74 Å². The van der Waals surface area contributed by atoms with Crippen molar-refractivity contribution in [2.24, 2.45) is 21.9 Å². The third kappa shape index (κ3) is 1.91. The third-order valence-corrected chi connectivity index (χ3v) is 6.24. The van der Waals surface area contributed by atoms with Gasteiger partial charge in [-0.1, -0.05) is 19.0 Å². The van der Waals surface area contributed by atoms with Gasteiger partial charge in [0.25, 0.3) is 0 Å². The zero-order valence-electron chi connectivity index (χ0n) is 12.2. The second kappa shape index (κ2) is 4.74. The maximum Gasteiger partial charge on any atom is 0.0641 e. The van der Waals surface area contributed by atoms with Crippen molar-refractivity contribution in [2.75, 3.05) is 32.8 Å². The summed E-state index contributed by atoms with van der Waals surface area (Å²) in [5.74, 6) is 0.711. The molecular formula is C15H26N2O2. The van der Waals surface area contributed by atoms with Gasteiger partial charge in [-0.25, -0.2) is 0 Å². The lowest BCUT2D eigenvalue weighted by atomic mass is 9.66. The summed E-state index contributed by atoms with van der Waals surface area (Å²) < 4.78 is 5.41. The van der Waals surface area contributed by atoms with E-state index in [2.05, 4.69) is 23.9 Å². The maximum absolute atomic E-state index is 9.38. The molecule has 0 amide bonds. The molecule has 1 N–H and O–H groups in total. The summed E-state index contributed by atoms with van der Waals surface area (Å²) >= 11 is 0. The van der Waals surface area contributed by atoms with Crippen LogP contribution in [0.25, 0.3) is 0 Å². The molecule has 2 bridgehead atoms. The minimum Gasteiger partial charge on any atom is -0.411 e. The van der Waals surface area contributed by atoms with Gasteiger partial charge in [0, 0.05) is 18.5 Å². The Morgan fingerprint density at radius 2 is 2.11 bits per heavy atom. The summed E-state index contributed by atoms with van der Waals surface area (Å²) in [6.07, 6.45) is 4.64. The lowest BCUT2D eigenvalue weighted by Crippen LogP contribution is -2.43. The van der Waals surface area contributed by atoms with Crippen molar-refractivity contribution in [3.63, 3.8) is 0 Å². The second-order valence-electron chi connectivity index (χ2n) is 6.99. The third-order valence-electron chi connectivity index (χ3n) is 6.24. The van der Waals surface area contributed by atoms with E-state index in [-0.39, 0.29) is 5.41 Å². The van der Waals surface area contributed by atoms with E-state index in [1.54, 1.807) is 0 Å². The normalized spacial score (nSPS) is 40.1. The van der Waals surface area contributed by atoms with E-state index >= 15 is 0 Å². The molecule has 2 saturated carbocycles. The van der Waals surface area contributed by atoms with Crippen LogP contribution in [-0.4, -0.2) is 48.7 Å². The van der Waals surface area contributed by atoms with Crippen LogP contribution in [0.2, 0.25) is 0 Å². The smallest absolute Gasteiger partial charge is 0.0641 e. The van der Waals surface area contributed by atoms with Gasteiger partial charge >= 0.3 is 0 Å². The van der Waals surface area contributed by atoms with Gasteiger partial charge in [0.1, 0.15) is 0 Å². The highest BCUT2D eigenvalue weighted by molar-refractivity contribution is 5.94. The molecular weight excluding hydrogens is 240 g/mol. The Labute approximate surface area is 115 Å². The van der Waals surface area contributed by atoms with Crippen LogP contribution >= 0.6 is 0 Å². The van der Waals surface area contributed by atoms with Gasteiger partial charge in [-0.15, -0.1) is 0 Å². The van der Waals surface area contributed by atoms with E-state index in [0.717, 1.165) is 51.4 Å². The molecule has 0 spiro atoms. The largest absolute Gasteiger partial charge is 0.411 e.